The first kappa shape index (κ1) is 25.0. The fourth-order valence-electron chi connectivity index (χ4n) is 3.11. The smallest absolute Gasteiger partial charge is 0.291 e. The van der Waals surface area contributed by atoms with Crippen molar-refractivity contribution in [1.82, 2.24) is 10.3 Å². The Bertz CT molecular complexity index is 1140. The van der Waals surface area contributed by atoms with E-state index in [1.165, 1.54) is 0 Å². The van der Waals surface area contributed by atoms with E-state index in [9.17, 15) is 40.5 Å². The number of nitrogen functional groups attached to an aromatic ring is 1. The topological polar surface area (TPSA) is 222 Å². The summed E-state index contributed by atoms with van der Waals surface area (Å²) >= 11 is 0.844. The Morgan fingerprint density at radius 3 is 2.24 bits per heavy atom. The lowest BCUT2D eigenvalue weighted by Crippen LogP contribution is -2.40. The summed E-state index contributed by atoms with van der Waals surface area (Å²) in [5.41, 5.74) is 4.54. The van der Waals surface area contributed by atoms with Crippen LogP contribution in [0.1, 0.15) is 22.9 Å². The molecular formula is C21H24N4O8S. The van der Waals surface area contributed by atoms with E-state index in [1.807, 2.05) is 11.4 Å². The molecule has 1 aromatic heterocycles. The van der Waals surface area contributed by atoms with Gasteiger partial charge in [-0.1, -0.05) is 30.3 Å². The van der Waals surface area contributed by atoms with E-state index < -0.39 is 52.2 Å². The van der Waals surface area contributed by atoms with Crippen molar-refractivity contribution in [2.45, 2.75) is 18.3 Å². The number of nitrogens with one attached hydrogen (secondary N) is 2. The van der Waals surface area contributed by atoms with Crippen LogP contribution in [0.3, 0.4) is 0 Å². The molecule has 1 heterocycles. The van der Waals surface area contributed by atoms with Gasteiger partial charge in [0.05, 0.1) is 6.10 Å². The van der Waals surface area contributed by atoms with Crippen LogP contribution in [0.15, 0.2) is 35.7 Å². The third-order valence-electron chi connectivity index (χ3n) is 5.00. The van der Waals surface area contributed by atoms with Crippen molar-refractivity contribution in [1.29, 1.82) is 0 Å². The molecule has 182 valence electrons. The lowest BCUT2D eigenvalue weighted by atomic mass is 10.0. The number of hydrogen-bond acceptors (Lipinski definition) is 12. The number of aromatic nitrogens is 1. The van der Waals surface area contributed by atoms with Crippen LogP contribution >= 0.6 is 11.3 Å². The number of benzene rings is 2. The number of hydrogen-bond donors (Lipinski definition) is 10. The minimum absolute atomic E-state index is 0.0366. The number of nitrogens with zero attached hydrogens (tertiary/aromatic N) is 1. The maximum absolute atomic E-state index is 12.3. The van der Waals surface area contributed by atoms with Gasteiger partial charge in [0.2, 0.25) is 0 Å². The van der Waals surface area contributed by atoms with Gasteiger partial charge in [-0.25, -0.2) is 4.98 Å². The molecule has 0 aliphatic heterocycles. The van der Waals surface area contributed by atoms with Gasteiger partial charge < -0.3 is 52.1 Å². The molecule has 0 spiro atoms. The van der Waals surface area contributed by atoms with Crippen LogP contribution in [-0.2, 0) is 17.0 Å². The summed E-state index contributed by atoms with van der Waals surface area (Å²) in [6.07, 6.45) is -0.871. The van der Waals surface area contributed by atoms with Crippen molar-refractivity contribution in [3.05, 3.63) is 52.5 Å². The number of aromatic hydroxyl groups is 4. The molecule has 0 aliphatic carbocycles. The molecule has 34 heavy (non-hydrogen) atoms. The summed E-state index contributed by atoms with van der Waals surface area (Å²) in [4.78, 5) is 15.9. The second-order valence-electron chi connectivity index (χ2n) is 7.33. The molecule has 0 saturated heterocycles. The predicted molar refractivity (Wildman–Crippen MR) is 122 cm³/mol. The Kier molecular flexibility index (Phi) is 7.44. The zero-order valence-electron chi connectivity index (χ0n) is 17.6. The minimum atomic E-state index is -3.18. The third-order valence-corrected chi connectivity index (χ3v) is 5.68. The van der Waals surface area contributed by atoms with E-state index in [0.29, 0.717) is 5.56 Å². The molecule has 0 fully saturated rings. The standard InChI is InChI=1S/C21H24N4O8S/c22-20-24-13(9-34-20)21(32,33)19(31)25-14-17(29)15(27)11(16(28)18(14)30)6-7-23-8-12(26)10-4-2-1-3-5-10/h1-5,9,12,23,26-30,32-33H,6-8H2,(H2,22,24)(H,25,31). The Balaban J connectivity index is 1.70. The number of thiazole rings is 1. The number of amides is 1. The van der Waals surface area contributed by atoms with Crippen molar-refractivity contribution in [3.8, 4) is 23.0 Å². The molecule has 3 aromatic rings. The number of carbonyl (C=O) groups excluding carboxylic acids is 1. The van der Waals surface area contributed by atoms with Crippen LogP contribution < -0.4 is 16.4 Å². The largest absolute Gasteiger partial charge is 0.504 e. The SMILES string of the molecule is Nc1nc(C(O)(O)C(=O)Nc2c(O)c(O)c(CCNCC(O)c3ccccc3)c(O)c2O)cs1. The van der Waals surface area contributed by atoms with Crippen molar-refractivity contribution in [2.24, 2.45) is 0 Å². The summed E-state index contributed by atoms with van der Waals surface area (Å²) in [5.74, 6) is -8.40. The number of anilines is 2. The molecule has 3 rings (SSSR count). The fourth-order valence-corrected chi connectivity index (χ4v) is 3.71. The summed E-state index contributed by atoms with van der Waals surface area (Å²) in [6.45, 7) is 0.297. The van der Waals surface area contributed by atoms with Gasteiger partial charge in [0.1, 0.15) is 11.4 Å². The molecule has 1 atom stereocenters. The first-order valence-electron chi connectivity index (χ1n) is 9.94. The van der Waals surface area contributed by atoms with Crippen molar-refractivity contribution in [2.75, 3.05) is 24.1 Å². The van der Waals surface area contributed by atoms with Gasteiger partial charge in [0.25, 0.3) is 11.7 Å². The van der Waals surface area contributed by atoms with Gasteiger partial charge in [-0.3, -0.25) is 4.79 Å². The first-order valence-corrected chi connectivity index (χ1v) is 10.8. The van der Waals surface area contributed by atoms with Crippen molar-refractivity contribution < 1.29 is 40.5 Å². The Morgan fingerprint density at radius 2 is 1.68 bits per heavy atom. The number of rotatable bonds is 9. The Labute approximate surface area is 197 Å². The first-order chi connectivity index (χ1) is 16.0. The highest BCUT2D eigenvalue weighted by Gasteiger charge is 2.39. The highest BCUT2D eigenvalue weighted by molar-refractivity contribution is 7.13. The summed E-state index contributed by atoms with van der Waals surface area (Å²) in [7, 11) is 0. The predicted octanol–water partition coefficient (Wildman–Crippen LogP) is 0.190. The minimum Gasteiger partial charge on any atom is -0.504 e. The van der Waals surface area contributed by atoms with Crippen LogP contribution in [0.25, 0.3) is 0 Å². The number of phenolic OH excluding ortho intramolecular Hbond substituents is 4. The third kappa shape index (κ3) is 5.13. The van der Waals surface area contributed by atoms with Gasteiger partial charge in [0, 0.05) is 17.5 Å². The molecule has 2 aromatic carbocycles. The fraction of sp³-hybridized carbons (Fsp3) is 0.238. The molecule has 1 amide bonds. The van der Waals surface area contributed by atoms with Crippen LogP contribution in [0.4, 0.5) is 10.8 Å². The van der Waals surface area contributed by atoms with Crippen LogP contribution in [0.5, 0.6) is 23.0 Å². The molecule has 1 unspecified atom stereocenters. The molecule has 0 radical (unpaired) electrons. The average molecular weight is 493 g/mol. The molecule has 13 heteroatoms. The van der Waals surface area contributed by atoms with E-state index >= 15 is 0 Å². The molecule has 0 saturated carbocycles. The monoisotopic (exact) mass is 492 g/mol. The lowest BCUT2D eigenvalue weighted by Gasteiger charge is -2.21. The number of carbonyl (C=O) groups is 1. The molecule has 11 N–H and O–H groups in total. The quantitative estimate of drug-likeness (QED) is 0.0840. The normalized spacial score (nSPS) is 12.4. The second-order valence-corrected chi connectivity index (χ2v) is 8.22. The number of aliphatic hydroxyl groups excluding tert-OH is 1. The van der Waals surface area contributed by atoms with E-state index in [2.05, 4.69) is 10.3 Å². The van der Waals surface area contributed by atoms with E-state index in [1.54, 1.807) is 24.3 Å². The molecule has 12 nitrogen and oxygen atoms in total. The van der Waals surface area contributed by atoms with Gasteiger partial charge in [-0.15, -0.1) is 11.3 Å². The zero-order valence-corrected chi connectivity index (χ0v) is 18.5. The second kappa shape index (κ2) is 10.1. The van der Waals surface area contributed by atoms with Crippen LogP contribution in [0.2, 0.25) is 0 Å². The number of phenols is 4. The van der Waals surface area contributed by atoms with Crippen LogP contribution in [0, 0.1) is 0 Å². The van der Waals surface area contributed by atoms with E-state index in [-0.39, 0.29) is 30.2 Å². The molecule has 0 aliphatic rings. The van der Waals surface area contributed by atoms with Crippen molar-refractivity contribution >= 4 is 28.1 Å². The number of nitrogens with two attached hydrogens (primary N) is 1. The summed E-state index contributed by atoms with van der Waals surface area (Å²) < 4.78 is 0. The van der Waals surface area contributed by atoms with Gasteiger partial charge in [-0.2, -0.15) is 0 Å². The Morgan fingerprint density at radius 1 is 1.06 bits per heavy atom. The highest BCUT2D eigenvalue weighted by Crippen LogP contribution is 2.50. The zero-order chi connectivity index (χ0) is 25.0. The Hall–Kier alpha value is -3.62. The van der Waals surface area contributed by atoms with Gasteiger partial charge in [0.15, 0.2) is 28.1 Å². The van der Waals surface area contributed by atoms with Gasteiger partial charge in [-0.05, 0) is 18.5 Å². The maximum atomic E-state index is 12.3. The summed E-state index contributed by atoms with van der Waals surface area (Å²) in [5, 5.41) is 77.3. The molecule has 0 bridgehead atoms. The maximum Gasteiger partial charge on any atom is 0.291 e. The average Bonchev–Trinajstić information content (AvgIpc) is 3.27. The number of aliphatic hydroxyl groups is 3. The molecular weight excluding hydrogens is 468 g/mol. The summed E-state index contributed by atoms with van der Waals surface area (Å²) in [6, 6.07) is 8.89. The van der Waals surface area contributed by atoms with Gasteiger partial charge >= 0.3 is 0 Å². The lowest BCUT2D eigenvalue weighted by molar-refractivity contribution is -0.185. The van der Waals surface area contributed by atoms with E-state index in [0.717, 1.165) is 16.7 Å². The van der Waals surface area contributed by atoms with Crippen molar-refractivity contribution in [3.63, 3.8) is 0 Å². The van der Waals surface area contributed by atoms with E-state index in [4.69, 9.17) is 5.73 Å². The van der Waals surface area contributed by atoms with Crippen LogP contribution in [-0.4, -0.2) is 59.7 Å². The highest BCUT2D eigenvalue weighted by atomic mass is 32.1.